The average Bonchev–Trinajstić information content (AvgIpc) is 1.79. The number of allylic oxidation sites excluding steroid dienone is 3. The van der Waals surface area contributed by atoms with Crippen molar-refractivity contribution in [3.63, 3.8) is 0 Å². The van der Waals surface area contributed by atoms with Gasteiger partial charge in [-0.1, -0.05) is 23.8 Å². The first kappa shape index (κ1) is 9.44. The van der Waals surface area contributed by atoms with Gasteiger partial charge in [0.1, 0.15) is 0 Å². The molecule has 1 nitrogen and oxygen atoms in total. The first-order chi connectivity index (χ1) is 4.63. The van der Waals surface area contributed by atoms with Gasteiger partial charge in [0.25, 0.3) is 0 Å². The number of hydrogen-bond donors (Lipinski definition) is 1. The van der Waals surface area contributed by atoms with E-state index in [0.717, 1.165) is 6.42 Å². The van der Waals surface area contributed by atoms with Crippen molar-refractivity contribution >= 4 is 0 Å². The van der Waals surface area contributed by atoms with E-state index < -0.39 is 0 Å². The van der Waals surface area contributed by atoms with Crippen molar-refractivity contribution in [3.8, 4) is 0 Å². The van der Waals surface area contributed by atoms with Crippen molar-refractivity contribution in [1.82, 2.24) is 0 Å². The Morgan fingerprint density at radius 1 is 1.50 bits per heavy atom. The van der Waals surface area contributed by atoms with Crippen LogP contribution in [0.15, 0.2) is 23.8 Å². The van der Waals surface area contributed by atoms with Crippen LogP contribution in [0.4, 0.5) is 0 Å². The molecule has 0 unspecified atom stereocenters. The van der Waals surface area contributed by atoms with Crippen LogP contribution in [0.3, 0.4) is 0 Å². The van der Waals surface area contributed by atoms with E-state index >= 15 is 0 Å². The maximum Gasteiger partial charge on any atom is 0.0546 e. The zero-order valence-corrected chi connectivity index (χ0v) is 6.96. The van der Waals surface area contributed by atoms with Gasteiger partial charge < -0.3 is 5.11 Å². The number of aliphatic hydroxyl groups is 1. The lowest BCUT2D eigenvalue weighted by Gasteiger charge is -1.94. The Labute approximate surface area is 63.1 Å². The third kappa shape index (κ3) is 7.44. The molecule has 0 aromatic heterocycles. The molecule has 0 saturated heterocycles. The largest absolute Gasteiger partial charge is 0.393 e. The zero-order valence-electron chi connectivity index (χ0n) is 6.96. The Bertz CT molecular complexity index is 128. The summed E-state index contributed by atoms with van der Waals surface area (Å²) in [6, 6.07) is 0. The Balaban J connectivity index is 3.48. The molecule has 1 atom stereocenters. The van der Waals surface area contributed by atoms with E-state index in [4.69, 9.17) is 5.11 Å². The topological polar surface area (TPSA) is 20.2 Å². The molecule has 58 valence electrons. The average molecular weight is 140 g/mol. The van der Waals surface area contributed by atoms with Crippen LogP contribution in [0.1, 0.15) is 27.2 Å². The van der Waals surface area contributed by atoms with Crippen LogP contribution in [-0.4, -0.2) is 11.2 Å². The second kappa shape index (κ2) is 5.24. The fourth-order valence-electron chi connectivity index (χ4n) is 0.536. The van der Waals surface area contributed by atoms with E-state index in [0.29, 0.717) is 0 Å². The minimum atomic E-state index is -0.221. The molecule has 0 bridgehead atoms. The second-order valence-electron chi connectivity index (χ2n) is 2.76. The molecule has 0 amide bonds. The highest BCUT2D eigenvalue weighted by Gasteiger charge is 1.86. The maximum absolute atomic E-state index is 8.85. The summed E-state index contributed by atoms with van der Waals surface area (Å²) < 4.78 is 0. The number of aliphatic hydroxyl groups excluding tert-OH is 1. The van der Waals surface area contributed by atoms with Crippen molar-refractivity contribution in [2.75, 3.05) is 0 Å². The van der Waals surface area contributed by atoms with E-state index in [1.54, 1.807) is 6.92 Å². The molecule has 0 aliphatic rings. The summed E-state index contributed by atoms with van der Waals surface area (Å²) in [5, 5.41) is 8.85. The molecule has 0 fully saturated rings. The Morgan fingerprint density at radius 3 is 2.50 bits per heavy atom. The monoisotopic (exact) mass is 140 g/mol. The third-order valence-corrected chi connectivity index (χ3v) is 1.04. The standard InChI is InChI=1S/C9H16O/c1-8(2)6-4-5-7-9(3)10/h4-6,9-10H,7H2,1-3H3/b5-4+/t9-/m0/s1. The van der Waals surface area contributed by atoms with E-state index in [-0.39, 0.29) is 6.10 Å². The smallest absolute Gasteiger partial charge is 0.0546 e. The summed E-state index contributed by atoms with van der Waals surface area (Å²) in [4.78, 5) is 0. The summed E-state index contributed by atoms with van der Waals surface area (Å²) in [7, 11) is 0. The van der Waals surface area contributed by atoms with Crippen molar-refractivity contribution < 1.29 is 5.11 Å². The highest BCUT2D eigenvalue weighted by Crippen LogP contribution is 1.93. The van der Waals surface area contributed by atoms with E-state index in [2.05, 4.69) is 0 Å². The molecule has 0 aromatic rings. The third-order valence-electron chi connectivity index (χ3n) is 1.04. The summed E-state index contributed by atoms with van der Waals surface area (Å²) >= 11 is 0. The van der Waals surface area contributed by atoms with Gasteiger partial charge in [-0.2, -0.15) is 0 Å². The molecule has 0 rings (SSSR count). The van der Waals surface area contributed by atoms with Crippen molar-refractivity contribution in [1.29, 1.82) is 0 Å². The molecule has 0 radical (unpaired) electrons. The molecule has 0 aliphatic carbocycles. The van der Waals surface area contributed by atoms with Crippen LogP contribution in [0.2, 0.25) is 0 Å². The molecule has 0 spiro atoms. The van der Waals surface area contributed by atoms with E-state index in [1.165, 1.54) is 5.57 Å². The number of hydrogen-bond acceptors (Lipinski definition) is 1. The van der Waals surface area contributed by atoms with Gasteiger partial charge in [-0.15, -0.1) is 0 Å². The summed E-state index contributed by atoms with van der Waals surface area (Å²) in [6.07, 6.45) is 6.49. The van der Waals surface area contributed by atoms with Gasteiger partial charge in [0, 0.05) is 0 Å². The predicted octanol–water partition coefficient (Wildman–Crippen LogP) is 2.28. The first-order valence-corrected chi connectivity index (χ1v) is 3.61. The van der Waals surface area contributed by atoms with Crippen molar-refractivity contribution in [3.05, 3.63) is 23.8 Å². The van der Waals surface area contributed by atoms with Crippen LogP contribution in [0, 0.1) is 0 Å². The molecule has 10 heavy (non-hydrogen) atoms. The fraction of sp³-hybridized carbons (Fsp3) is 0.556. The highest BCUT2D eigenvalue weighted by molar-refractivity contribution is 5.08. The minimum absolute atomic E-state index is 0.221. The van der Waals surface area contributed by atoms with Gasteiger partial charge in [0.05, 0.1) is 6.10 Å². The van der Waals surface area contributed by atoms with Gasteiger partial charge in [-0.3, -0.25) is 0 Å². The summed E-state index contributed by atoms with van der Waals surface area (Å²) in [5.41, 5.74) is 1.28. The summed E-state index contributed by atoms with van der Waals surface area (Å²) in [6.45, 7) is 5.88. The predicted molar refractivity (Wildman–Crippen MR) is 44.9 cm³/mol. The van der Waals surface area contributed by atoms with Gasteiger partial charge in [-0.05, 0) is 27.2 Å². The second-order valence-corrected chi connectivity index (χ2v) is 2.76. The van der Waals surface area contributed by atoms with Gasteiger partial charge >= 0.3 is 0 Å². The molecular formula is C9H16O. The lowest BCUT2D eigenvalue weighted by Crippen LogP contribution is -1.94. The van der Waals surface area contributed by atoms with Crippen LogP contribution >= 0.6 is 0 Å². The van der Waals surface area contributed by atoms with Gasteiger partial charge in [0.15, 0.2) is 0 Å². The van der Waals surface area contributed by atoms with Crippen LogP contribution < -0.4 is 0 Å². The SMILES string of the molecule is CC(C)=C/C=C/C[C@H](C)O. The van der Waals surface area contributed by atoms with E-state index in [9.17, 15) is 0 Å². The molecule has 0 aliphatic heterocycles. The highest BCUT2D eigenvalue weighted by atomic mass is 16.3. The lowest BCUT2D eigenvalue weighted by atomic mass is 10.2. The maximum atomic E-state index is 8.85. The lowest BCUT2D eigenvalue weighted by molar-refractivity contribution is 0.198. The molecule has 1 heteroatoms. The van der Waals surface area contributed by atoms with Gasteiger partial charge in [0.2, 0.25) is 0 Å². The fourth-order valence-corrected chi connectivity index (χ4v) is 0.536. The Kier molecular flexibility index (Phi) is 4.95. The molecule has 0 saturated carbocycles. The van der Waals surface area contributed by atoms with Crippen molar-refractivity contribution in [2.24, 2.45) is 0 Å². The summed E-state index contributed by atoms with van der Waals surface area (Å²) in [5.74, 6) is 0. The van der Waals surface area contributed by atoms with Crippen LogP contribution in [0.5, 0.6) is 0 Å². The molecule has 1 N–H and O–H groups in total. The van der Waals surface area contributed by atoms with Crippen molar-refractivity contribution in [2.45, 2.75) is 33.3 Å². The van der Waals surface area contributed by atoms with Crippen LogP contribution in [0.25, 0.3) is 0 Å². The molecule has 0 aromatic carbocycles. The normalized spacial score (nSPS) is 13.6. The Hall–Kier alpha value is -0.560. The zero-order chi connectivity index (χ0) is 7.98. The molecular weight excluding hydrogens is 124 g/mol. The van der Waals surface area contributed by atoms with E-state index in [1.807, 2.05) is 32.1 Å². The van der Waals surface area contributed by atoms with Gasteiger partial charge in [-0.25, -0.2) is 0 Å². The first-order valence-electron chi connectivity index (χ1n) is 3.61. The number of rotatable bonds is 3. The Morgan fingerprint density at radius 2 is 2.10 bits per heavy atom. The quantitative estimate of drug-likeness (QED) is 0.596. The minimum Gasteiger partial charge on any atom is -0.393 e. The molecule has 0 heterocycles. The van der Waals surface area contributed by atoms with Crippen LogP contribution in [-0.2, 0) is 0 Å².